The van der Waals surface area contributed by atoms with Crippen LogP contribution in [0.1, 0.15) is 90.9 Å². The molecule has 0 spiro atoms. The second kappa shape index (κ2) is 19.2. The molecule has 2 unspecified atom stereocenters. The Morgan fingerprint density at radius 2 is 1.12 bits per heavy atom. The van der Waals surface area contributed by atoms with Crippen LogP contribution in [0.3, 0.4) is 0 Å². The number of hydrogen-bond donors (Lipinski definition) is 0. The summed E-state index contributed by atoms with van der Waals surface area (Å²) >= 11 is 0. The molecule has 0 fully saturated rings. The van der Waals surface area contributed by atoms with Crippen molar-refractivity contribution in [3.8, 4) is 0 Å². The van der Waals surface area contributed by atoms with Crippen molar-refractivity contribution in [2.75, 3.05) is 0 Å². The van der Waals surface area contributed by atoms with E-state index in [9.17, 15) is 0 Å². The van der Waals surface area contributed by atoms with Crippen LogP contribution in [0.15, 0.2) is 49.6 Å². The average molecular weight is 347 g/mol. The lowest BCUT2D eigenvalue weighted by molar-refractivity contribution is -0.0174. The fraction of sp³-hybridized carbons (Fsp3) is 0.667. The van der Waals surface area contributed by atoms with Gasteiger partial charge in [0.25, 0.3) is 0 Å². The number of hydrogen-bond acceptors (Lipinski definition) is 1. The molecule has 0 rings (SSSR count). The molecule has 0 aliphatic heterocycles. The Morgan fingerprint density at radius 3 is 1.48 bits per heavy atom. The summed E-state index contributed by atoms with van der Waals surface area (Å²) in [5.41, 5.74) is 0. The van der Waals surface area contributed by atoms with Gasteiger partial charge in [-0.05, 0) is 64.2 Å². The van der Waals surface area contributed by atoms with E-state index in [1.54, 1.807) is 0 Å². The third-order valence-corrected chi connectivity index (χ3v) is 4.30. The first-order valence-electron chi connectivity index (χ1n) is 10.5. The minimum atomic E-state index is 0.367. The first kappa shape index (κ1) is 23.9. The summed E-state index contributed by atoms with van der Waals surface area (Å²) < 4.78 is 6.45. The van der Waals surface area contributed by atoms with Crippen LogP contribution >= 0.6 is 0 Å². The van der Waals surface area contributed by atoms with Crippen molar-refractivity contribution >= 4 is 0 Å². The van der Waals surface area contributed by atoms with Crippen LogP contribution in [0, 0.1) is 0 Å². The highest BCUT2D eigenvalue weighted by Crippen LogP contribution is 2.17. The van der Waals surface area contributed by atoms with Crippen molar-refractivity contribution in [2.24, 2.45) is 0 Å². The molecule has 25 heavy (non-hydrogen) atoms. The van der Waals surface area contributed by atoms with E-state index in [1.807, 2.05) is 12.2 Å². The molecule has 0 amide bonds. The lowest BCUT2D eigenvalue weighted by Gasteiger charge is -2.23. The Hall–Kier alpha value is -1.08. The molecular formula is C24H42O. The molecule has 1 nitrogen and oxygen atoms in total. The summed E-state index contributed by atoms with van der Waals surface area (Å²) in [6, 6.07) is 0. The molecule has 0 saturated carbocycles. The van der Waals surface area contributed by atoms with Crippen LogP contribution in [-0.4, -0.2) is 12.2 Å². The summed E-state index contributed by atoms with van der Waals surface area (Å²) in [6.45, 7) is 12.0. The molecule has 0 aliphatic carbocycles. The second-order valence-electron chi connectivity index (χ2n) is 6.81. The predicted octanol–water partition coefficient (Wildman–Crippen LogP) is 7.95. The molecule has 0 bridgehead atoms. The van der Waals surface area contributed by atoms with Gasteiger partial charge in [0.15, 0.2) is 0 Å². The van der Waals surface area contributed by atoms with E-state index in [0.29, 0.717) is 12.2 Å². The first-order valence-corrected chi connectivity index (χ1v) is 10.5. The summed E-state index contributed by atoms with van der Waals surface area (Å²) in [4.78, 5) is 0. The molecule has 0 aromatic rings. The highest BCUT2D eigenvalue weighted by Gasteiger charge is 2.13. The average Bonchev–Trinajstić information content (AvgIpc) is 2.61. The Kier molecular flexibility index (Phi) is 18.4. The van der Waals surface area contributed by atoms with Gasteiger partial charge in [0.05, 0.1) is 12.2 Å². The molecule has 0 aromatic carbocycles. The fourth-order valence-electron chi connectivity index (χ4n) is 2.89. The third-order valence-electron chi connectivity index (χ3n) is 4.30. The predicted molar refractivity (Wildman–Crippen MR) is 114 cm³/mol. The minimum Gasteiger partial charge on any atom is -0.374 e. The lowest BCUT2D eigenvalue weighted by atomic mass is 10.1. The van der Waals surface area contributed by atoms with Gasteiger partial charge in [-0.15, -0.1) is 13.2 Å². The molecule has 0 saturated heterocycles. The van der Waals surface area contributed by atoms with E-state index in [0.717, 1.165) is 51.4 Å². The third kappa shape index (κ3) is 16.2. The SMILES string of the molecule is C=CCCCC=CCC(CCC)OC(CC=CCCCC=C)CCC. The van der Waals surface area contributed by atoms with Gasteiger partial charge in [0.2, 0.25) is 0 Å². The topological polar surface area (TPSA) is 9.23 Å². The molecule has 1 heteroatoms. The van der Waals surface area contributed by atoms with Gasteiger partial charge in [-0.2, -0.15) is 0 Å². The summed E-state index contributed by atoms with van der Waals surface area (Å²) in [5.74, 6) is 0. The summed E-state index contributed by atoms with van der Waals surface area (Å²) in [6.07, 6.45) is 27.7. The first-order chi connectivity index (χ1) is 12.3. The van der Waals surface area contributed by atoms with E-state index in [-0.39, 0.29) is 0 Å². The maximum absolute atomic E-state index is 6.45. The smallest absolute Gasteiger partial charge is 0.0613 e. The van der Waals surface area contributed by atoms with Gasteiger partial charge >= 0.3 is 0 Å². The van der Waals surface area contributed by atoms with E-state index in [2.05, 4.69) is 51.3 Å². The van der Waals surface area contributed by atoms with Gasteiger partial charge < -0.3 is 4.74 Å². The lowest BCUT2D eigenvalue weighted by Crippen LogP contribution is -2.21. The van der Waals surface area contributed by atoms with Gasteiger partial charge in [0, 0.05) is 0 Å². The van der Waals surface area contributed by atoms with Crippen LogP contribution in [0.2, 0.25) is 0 Å². The Morgan fingerprint density at radius 1 is 0.680 bits per heavy atom. The Balaban J connectivity index is 4.27. The maximum Gasteiger partial charge on any atom is 0.0613 e. The Labute approximate surface area is 157 Å². The monoisotopic (exact) mass is 346 g/mol. The maximum atomic E-state index is 6.45. The van der Waals surface area contributed by atoms with E-state index in [4.69, 9.17) is 4.74 Å². The highest BCUT2D eigenvalue weighted by molar-refractivity contribution is 4.88. The van der Waals surface area contributed by atoms with E-state index in [1.165, 1.54) is 25.7 Å². The number of rotatable bonds is 18. The molecular weight excluding hydrogens is 304 g/mol. The van der Waals surface area contributed by atoms with Crippen molar-refractivity contribution in [2.45, 2.75) is 103 Å². The number of ether oxygens (including phenoxy) is 1. The van der Waals surface area contributed by atoms with Crippen molar-refractivity contribution in [3.05, 3.63) is 49.6 Å². The summed E-state index contributed by atoms with van der Waals surface area (Å²) in [7, 11) is 0. The normalized spacial score (nSPS) is 14.2. The quantitative estimate of drug-likeness (QED) is 0.181. The van der Waals surface area contributed by atoms with Gasteiger partial charge in [0.1, 0.15) is 0 Å². The molecule has 144 valence electrons. The van der Waals surface area contributed by atoms with E-state index < -0.39 is 0 Å². The van der Waals surface area contributed by atoms with Crippen molar-refractivity contribution < 1.29 is 4.74 Å². The zero-order valence-corrected chi connectivity index (χ0v) is 16.9. The van der Waals surface area contributed by atoms with Gasteiger partial charge in [-0.3, -0.25) is 0 Å². The largest absolute Gasteiger partial charge is 0.374 e. The van der Waals surface area contributed by atoms with Crippen LogP contribution in [0.5, 0.6) is 0 Å². The molecule has 0 heterocycles. The Bertz CT molecular complexity index is 319. The van der Waals surface area contributed by atoms with E-state index >= 15 is 0 Å². The molecule has 0 radical (unpaired) electrons. The molecule has 0 aromatic heterocycles. The van der Waals surface area contributed by atoms with Gasteiger partial charge in [-0.1, -0.05) is 63.1 Å². The molecule has 2 atom stereocenters. The van der Waals surface area contributed by atoms with Gasteiger partial charge in [-0.25, -0.2) is 0 Å². The minimum absolute atomic E-state index is 0.367. The molecule has 0 N–H and O–H groups in total. The van der Waals surface area contributed by atoms with Crippen LogP contribution in [0.4, 0.5) is 0 Å². The van der Waals surface area contributed by atoms with Crippen molar-refractivity contribution in [3.63, 3.8) is 0 Å². The van der Waals surface area contributed by atoms with Crippen molar-refractivity contribution in [1.82, 2.24) is 0 Å². The number of unbranched alkanes of at least 4 members (excludes halogenated alkanes) is 4. The highest BCUT2D eigenvalue weighted by atomic mass is 16.5. The van der Waals surface area contributed by atoms with Crippen molar-refractivity contribution in [1.29, 1.82) is 0 Å². The van der Waals surface area contributed by atoms with Crippen LogP contribution in [0.25, 0.3) is 0 Å². The zero-order chi connectivity index (χ0) is 18.6. The zero-order valence-electron chi connectivity index (χ0n) is 16.9. The fourth-order valence-corrected chi connectivity index (χ4v) is 2.89. The standard InChI is InChI=1S/C24H42O/c1-5-9-11-13-15-17-21-23(19-7-3)25-24(20-8-4)22-18-16-14-12-10-6-2/h5-6,15-18,23-24H,1-2,7-14,19-22H2,3-4H3. The summed E-state index contributed by atoms with van der Waals surface area (Å²) in [5, 5.41) is 0. The van der Waals surface area contributed by atoms with Crippen LogP contribution in [-0.2, 0) is 4.74 Å². The van der Waals surface area contributed by atoms with Crippen LogP contribution < -0.4 is 0 Å². The number of allylic oxidation sites excluding steroid dienone is 4. The molecule has 0 aliphatic rings. The second-order valence-corrected chi connectivity index (χ2v) is 6.81.